The molecule has 0 radical (unpaired) electrons. The maximum Gasteiger partial charge on any atom is 0.262 e. The molecule has 36 heavy (non-hydrogen) atoms. The SMILES string of the molecule is C=C(CC)[C@H]1N2CC(=O)N(CCOC)N=C2C[C@@H](c2cccc(Cl)c2)[C@]12C(=O)Nc1cc(Cl)ccc12. The molecule has 7 nitrogen and oxygen atoms in total. The molecule has 0 unspecified atom stereocenters. The number of hydrogen-bond acceptors (Lipinski definition) is 5. The Hall–Kier alpha value is -2.87. The number of carbonyl (C=O) groups is 2. The lowest BCUT2D eigenvalue weighted by atomic mass is 9.58. The maximum absolute atomic E-state index is 14.2. The third-order valence-corrected chi connectivity index (χ3v) is 7.96. The van der Waals surface area contributed by atoms with Crippen molar-refractivity contribution in [1.29, 1.82) is 0 Å². The van der Waals surface area contributed by atoms with Crippen LogP contribution in [0.1, 0.15) is 36.8 Å². The summed E-state index contributed by atoms with van der Waals surface area (Å²) < 4.78 is 5.18. The molecule has 2 aromatic carbocycles. The number of methoxy groups -OCH3 is 1. The summed E-state index contributed by atoms with van der Waals surface area (Å²) in [6.45, 7) is 7.26. The summed E-state index contributed by atoms with van der Waals surface area (Å²) in [5.74, 6) is 0.156. The quantitative estimate of drug-likeness (QED) is 0.548. The van der Waals surface area contributed by atoms with Crippen LogP contribution in [-0.4, -0.2) is 60.4 Å². The van der Waals surface area contributed by atoms with Crippen molar-refractivity contribution in [2.24, 2.45) is 5.10 Å². The molecule has 188 valence electrons. The normalized spacial score (nSPS) is 24.9. The molecule has 0 aromatic heterocycles. The molecule has 2 amide bonds. The monoisotopic (exact) mass is 526 g/mol. The molecule has 1 fully saturated rings. The summed E-state index contributed by atoms with van der Waals surface area (Å²) in [4.78, 5) is 29.3. The smallest absolute Gasteiger partial charge is 0.262 e. The number of nitrogens with zero attached hydrogens (tertiary/aromatic N) is 3. The number of halogens is 2. The van der Waals surface area contributed by atoms with Crippen molar-refractivity contribution < 1.29 is 14.3 Å². The number of hydrazone groups is 1. The number of amides is 2. The minimum atomic E-state index is -1.05. The largest absolute Gasteiger partial charge is 0.383 e. The van der Waals surface area contributed by atoms with Crippen LogP contribution >= 0.6 is 23.2 Å². The Morgan fingerprint density at radius 1 is 1.22 bits per heavy atom. The van der Waals surface area contributed by atoms with Crippen molar-refractivity contribution >= 4 is 46.5 Å². The van der Waals surface area contributed by atoms with Crippen molar-refractivity contribution in [2.45, 2.75) is 37.1 Å². The van der Waals surface area contributed by atoms with Crippen LogP contribution in [0.25, 0.3) is 0 Å². The Morgan fingerprint density at radius 3 is 2.72 bits per heavy atom. The van der Waals surface area contributed by atoms with E-state index in [9.17, 15) is 9.59 Å². The topological polar surface area (TPSA) is 74.2 Å². The molecular weight excluding hydrogens is 499 g/mol. The van der Waals surface area contributed by atoms with Gasteiger partial charge in [0.25, 0.3) is 5.91 Å². The fourth-order valence-corrected chi connectivity index (χ4v) is 6.26. The first-order valence-corrected chi connectivity index (χ1v) is 12.7. The van der Waals surface area contributed by atoms with Gasteiger partial charge in [-0.3, -0.25) is 9.59 Å². The lowest BCUT2D eigenvalue weighted by Crippen LogP contribution is -2.66. The number of hydrogen-bond donors (Lipinski definition) is 1. The van der Waals surface area contributed by atoms with Crippen LogP contribution in [0.4, 0.5) is 5.69 Å². The highest BCUT2D eigenvalue weighted by Crippen LogP contribution is 2.57. The Bertz CT molecular complexity index is 1280. The number of benzene rings is 2. The Labute approximate surface area is 220 Å². The van der Waals surface area contributed by atoms with Gasteiger partial charge in [-0.25, -0.2) is 5.01 Å². The lowest BCUT2D eigenvalue weighted by Gasteiger charge is -2.54. The number of amidine groups is 1. The zero-order chi connectivity index (χ0) is 25.6. The number of piperidine rings is 1. The van der Waals surface area contributed by atoms with E-state index in [0.29, 0.717) is 41.7 Å². The number of rotatable bonds is 6. The minimum Gasteiger partial charge on any atom is -0.383 e. The van der Waals surface area contributed by atoms with Crippen LogP contribution < -0.4 is 5.32 Å². The van der Waals surface area contributed by atoms with Gasteiger partial charge in [-0.15, -0.1) is 0 Å². The molecule has 3 atom stereocenters. The average molecular weight is 527 g/mol. The van der Waals surface area contributed by atoms with Gasteiger partial charge >= 0.3 is 0 Å². The molecule has 1 saturated heterocycles. The predicted molar refractivity (Wildman–Crippen MR) is 142 cm³/mol. The number of anilines is 1. The van der Waals surface area contributed by atoms with E-state index in [0.717, 1.165) is 22.5 Å². The molecule has 0 aliphatic carbocycles. The van der Waals surface area contributed by atoms with Crippen LogP contribution in [-0.2, 0) is 19.7 Å². The first kappa shape index (κ1) is 24.8. The molecule has 9 heteroatoms. The molecule has 3 aliphatic heterocycles. The van der Waals surface area contributed by atoms with E-state index in [4.69, 9.17) is 33.0 Å². The Balaban J connectivity index is 1.76. The van der Waals surface area contributed by atoms with Crippen molar-refractivity contribution in [3.63, 3.8) is 0 Å². The van der Waals surface area contributed by atoms with Gasteiger partial charge < -0.3 is 15.0 Å². The van der Waals surface area contributed by atoms with Crippen molar-refractivity contribution in [2.75, 3.05) is 32.1 Å². The number of carbonyl (C=O) groups excluding carboxylic acids is 2. The standard InChI is InChI=1S/C27H28Cl2N4O3/c1-4-16(2)25-27(20-9-8-19(29)13-22(20)30-26(27)35)21(17-6-5-7-18(28)12-17)14-23-31-33(10-11-36-3)24(34)15-32(23)25/h5-9,12-13,21,25H,2,4,10-11,14-15H2,1,3H3,(H,30,35)/t21-,25+,27-/m0/s1. The van der Waals surface area contributed by atoms with Crippen molar-refractivity contribution in [3.8, 4) is 0 Å². The fraction of sp³-hybridized carbons (Fsp3) is 0.370. The van der Waals surface area contributed by atoms with E-state index in [1.807, 2.05) is 42.2 Å². The first-order valence-electron chi connectivity index (χ1n) is 12.0. The molecule has 5 rings (SSSR count). The molecule has 0 saturated carbocycles. The van der Waals surface area contributed by atoms with Crippen LogP contribution in [0.15, 0.2) is 59.7 Å². The van der Waals surface area contributed by atoms with E-state index in [1.165, 1.54) is 5.01 Å². The molecular formula is C27H28Cl2N4O3. The van der Waals surface area contributed by atoms with Gasteiger partial charge in [0.2, 0.25) is 5.91 Å². The molecule has 2 aromatic rings. The molecule has 1 N–H and O–H groups in total. The molecule has 3 aliphatic rings. The zero-order valence-electron chi connectivity index (χ0n) is 20.3. The highest BCUT2D eigenvalue weighted by molar-refractivity contribution is 6.31. The summed E-state index contributed by atoms with van der Waals surface area (Å²) in [7, 11) is 1.59. The van der Waals surface area contributed by atoms with Gasteiger partial charge in [0, 0.05) is 35.2 Å². The maximum atomic E-state index is 14.2. The highest BCUT2D eigenvalue weighted by Gasteiger charge is 2.63. The van der Waals surface area contributed by atoms with Gasteiger partial charge in [0.05, 0.1) is 19.2 Å². The second-order valence-corrected chi connectivity index (χ2v) is 10.3. The summed E-state index contributed by atoms with van der Waals surface area (Å²) in [5.41, 5.74) is 2.25. The van der Waals surface area contributed by atoms with E-state index < -0.39 is 11.5 Å². The van der Waals surface area contributed by atoms with Crippen LogP contribution in [0, 0.1) is 0 Å². The van der Waals surface area contributed by atoms with Gasteiger partial charge in [-0.05, 0) is 41.8 Å². The van der Waals surface area contributed by atoms with E-state index in [-0.39, 0.29) is 24.3 Å². The van der Waals surface area contributed by atoms with E-state index in [1.54, 1.807) is 19.2 Å². The zero-order valence-corrected chi connectivity index (χ0v) is 21.8. The third kappa shape index (κ3) is 3.81. The van der Waals surface area contributed by atoms with Gasteiger partial charge in [-0.2, -0.15) is 5.10 Å². The van der Waals surface area contributed by atoms with Gasteiger partial charge in [0.1, 0.15) is 17.8 Å². The summed E-state index contributed by atoms with van der Waals surface area (Å²) in [6, 6.07) is 12.6. The third-order valence-electron chi connectivity index (χ3n) is 7.49. The summed E-state index contributed by atoms with van der Waals surface area (Å²) in [6.07, 6.45) is 1.08. The first-order chi connectivity index (χ1) is 17.3. The Morgan fingerprint density at radius 2 is 2.00 bits per heavy atom. The molecule has 1 spiro atoms. The number of fused-ring (bicyclic) bond motifs is 3. The molecule has 0 bridgehead atoms. The highest BCUT2D eigenvalue weighted by atomic mass is 35.5. The second kappa shape index (κ2) is 9.54. The van der Waals surface area contributed by atoms with Gasteiger partial charge in [-0.1, -0.05) is 60.5 Å². The van der Waals surface area contributed by atoms with Crippen LogP contribution in [0.2, 0.25) is 10.0 Å². The minimum absolute atomic E-state index is 0.104. The van der Waals surface area contributed by atoms with Crippen molar-refractivity contribution in [3.05, 3.63) is 75.8 Å². The van der Waals surface area contributed by atoms with Crippen LogP contribution in [0.5, 0.6) is 0 Å². The van der Waals surface area contributed by atoms with Crippen LogP contribution in [0.3, 0.4) is 0 Å². The lowest BCUT2D eigenvalue weighted by molar-refractivity contribution is -0.136. The Kier molecular flexibility index (Phi) is 6.57. The summed E-state index contributed by atoms with van der Waals surface area (Å²) >= 11 is 12.7. The fourth-order valence-electron chi connectivity index (χ4n) is 5.89. The summed E-state index contributed by atoms with van der Waals surface area (Å²) in [5, 5.41) is 10.4. The second-order valence-electron chi connectivity index (χ2n) is 9.39. The van der Waals surface area contributed by atoms with E-state index in [2.05, 4.69) is 11.9 Å². The van der Waals surface area contributed by atoms with E-state index >= 15 is 0 Å². The van der Waals surface area contributed by atoms with Gasteiger partial charge in [0.15, 0.2) is 0 Å². The number of nitrogens with one attached hydrogen (secondary N) is 1. The predicted octanol–water partition coefficient (Wildman–Crippen LogP) is 4.81. The van der Waals surface area contributed by atoms with Crippen molar-refractivity contribution in [1.82, 2.24) is 9.91 Å². The number of ether oxygens (including phenoxy) is 1. The average Bonchev–Trinajstić information content (AvgIpc) is 3.13. The molecule has 3 heterocycles.